The number of ether oxygens (including phenoxy) is 2. The first-order valence-electron chi connectivity index (χ1n) is 13.4. The SMILES string of the molecule is CCN(CC)CCN1C(=O)C(=O)/C(=C(\O)c2ccc(OCc3cccc(C)c3)cc2)C1c1ccc(O)c(OC)c1. The highest BCUT2D eigenvalue weighted by molar-refractivity contribution is 6.46. The van der Waals surface area contributed by atoms with Crippen LogP contribution in [-0.2, 0) is 16.2 Å². The van der Waals surface area contributed by atoms with Crippen molar-refractivity contribution in [3.05, 3.63) is 94.6 Å². The summed E-state index contributed by atoms with van der Waals surface area (Å²) in [5.74, 6) is -0.948. The number of methoxy groups -OCH3 is 1. The zero-order valence-corrected chi connectivity index (χ0v) is 23.4. The second-order valence-corrected chi connectivity index (χ2v) is 9.75. The molecule has 8 heteroatoms. The highest BCUT2D eigenvalue weighted by atomic mass is 16.5. The number of likely N-dealkylation sites (N-methyl/N-ethyl adjacent to an activating group) is 1. The van der Waals surface area contributed by atoms with Gasteiger partial charge < -0.3 is 29.5 Å². The molecule has 8 nitrogen and oxygen atoms in total. The standard InChI is InChI=1S/C32H36N2O6/c1-5-33(6-2)16-17-34-29(24-12-15-26(35)27(19-24)39-4)28(31(37)32(34)38)30(36)23-10-13-25(14-11-23)40-20-22-9-7-8-21(3)18-22/h7-15,18-19,29,35-36H,5-6,16-17,20H2,1-4H3/b30-28-. The van der Waals surface area contributed by atoms with Gasteiger partial charge in [0, 0.05) is 18.7 Å². The van der Waals surface area contributed by atoms with Gasteiger partial charge in [0.15, 0.2) is 11.5 Å². The van der Waals surface area contributed by atoms with Crippen LogP contribution in [0.15, 0.2) is 72.3 Å². The Morgan fingerprint density at radius 1 is 1.00 bits per heavy atom. The lowest BCUT2D eigenvalue weighted by Crippen LogP contribution is -2.38. The number of nitrogens with zero attached hydrogens (tertiary/aromatic N) is 2. The Hall–Kier alpha value is -4.30. The van der Waals surface area contributed by atoms with Crippen LogP contribution >= 0.6 is 0 Å². The van der Waals surface area contributed by atoms with Crippen molar-refractivity contribution in [2.75, 3.05) is 33.3 Å². The van der Waals surface area contributed by atoms with E-state index >= 15 is 0 Å². The smallest absolute Gasteiger partial charge is 0.295 e. The number of aliphatic hydroxyl groups excluding tert-OH is 1. The highest BCUT2D eigenvalue weighted by Crippen LogP contribution is 2.41. The predicted molar refractivity (Wildman–Crippen MR) is 153 cm³/mol. The summed E-state index contributed by atoms with van der Waals surface area (Å²) >= 11 is 0. The minimum Gasteiger partial charge on any atom is -0.507 e. The monoisotopic (exact) mass is 544 g/mol. The molecule has 4 rings (SSSR count). The van der Waals surface area contributed by atoms with Crippen molar-refractivity contribution in [2.45, 2.75) is 33.4 Å². The molecule has 210 valence electrons. The number of likely N-dealkylation sites (tertiary alicyclic amines) is 1. The Labute approximate surface area is 235 Å². The molecule has 1 aliphatic rings. The molecule has 0 aromatic heterocycles. The van der Waals surface area contributed by atoms with Gasteiger partial charge in [-0.25, -0.2) is 0 Å². The van der Waals surface area contributed by atoms with Crippen molar-refractivity contribution >= 4 is 17.4 Å². The van der Waals surface area contributed by atoms with Gasteiger partial charge >= 0.3 is 0 Å². The number of benzene rings is 3. The average molecular weight is 545 g/mol. The predicted octanol–water partition coefficient (Wildman–Crippen LogP) is 5.05. The van der Waals surface area contributed by atoms with Gasteiger partial charge in [0.1, 0.15) is 18.1 Å². The van der Waals surface area contributed by atoms with Gasteiger partial charge in [-0.1, -0.05) is 49.7 Å². The summed E-state index contributed by atoms with van der Waals surface area (Å²) in [5, 5.41) is 21.5. The lowest BCUT2D eigenvalue weighted by molar-refractivity contribution is -0.140. The summed E-state index contributed by atoms with van der Waals surface area (Å²) in [7, 11) is 1.43. The first-order valence-corrected chi connectivity index (χ1v) is 13.4. The van der Waals surface area contributed by atoms with Crippen molar-refractivity contribution in [2.24, 2.45) is 0 Å². The molecule has 1 aliphatic heterocycles. The second kappa shape index (κ2) is 12.7. The van der Waals surface area contributed by atoms with Crippen LogP contribution in [0.5, 0.6) is 17.2 Å². The summed E-state index contributed by atoms with van der Waals surface area (Å²) in [6.07, 6.45) is 0. The third kappa shape index (κ3) is 6.13. The fourth-order valence-electron chi connectivity index (χ4n) is 4.94. The summed E-state index contributed by atoms with van der Waals surface area (Å²) < 4.78 is 11.2. The summed E-state index contributed by atoms with van der Waals surface area (Å²) in [4.78, 5) is 30.2. The van der Waals surface area contributed by atoms with Crippen LogP contribution in [0.3, 0.4) is 0 Å². The molecule has 0 aliphatic carbocycles. The third-order valence-corrected chi connectivity index (χ3v) is 7.23. The molecule has 0 spiro atoms. The number of carbonyl (C=O) groups is 2. The lowest BCUT2D eigenvalue weighted by Gasteiger charge is -2.28. The largest absolute Gasteiger partial charge is 0.507 e. The van der Waals surface area contributed by atoms with E-state index in [1.807, 2.05) is 39.0 Å². The Bertz CT molecular complexity index is 1390. The number of ketones is 1. The van der Waals surface area contributed by atoms with Crippen molar-refractivity contribution in [1.29, 1.82) is 0 Å². The zero-order valence-electron chi connectivity index (χ0n) is 23.4. The Kier molecular flexibility index (Phi) is 9.11. The van der Waals surface area contributed by atoms with E-state index in [0.717, 1.165) is 24.2 Å². The number of phenols is 1. The molecule has 0 bridgehead atoms. The average Bonchev–Trinajstić information content (AvgIpc) is 3.22. The van der Waals surface area contributed by atoms with E-state index in [0.29, 0.717) is 36.6 Å². The van der Waals surface area contributed by atoms with Crippen LogP contribution in [0, 0.1) is 6.92 Å². The minimum atomic E-state index is -0.845. The number of Topliss-reactive ketones (excluding diaryl/α,β-unsaturated/α-hetero) is 1. The number of aromatic hydroxyl groups is 1. The number of phenolic OH excluding ortho intramolecular Hbond substituents is 1. The Morgan fingerprint density at radius 2 is 1.73 bits per heavy atom. The molecule has 40 heavy (non-hydrogen) atoms. The van der Waals surface area contributed by atoms with E-state index in [1.165, 1.54) is 18.1 Å². The van der Waals surface area contributed by atoms with Crippen LogP contribution in [0.4, 0.5) is 0 Å². The molecular weight excluding hydrogens is 508 g/mol. The molecule has 1 atom stereocenters. The van der Waals surface area contributed by atoms with E-state index in [2.05, 4.69) is 11.0 Å². The maximum atomic E-state index is 13.3. The summed E-state index contributed by atoms with van der Waals surface area (Å²) in [6, 6.07) is 18.7. The molecule has 1 fully saturated rings. The van der Waals surface area contributed by atoms with Crippen molar-refractivity contribution in [3.8, 4) is 17.2 Å². The van der Waals surface area contributed by atoms with Crippen LogP contribution in [0.25, 0.3) is 5.76 Å². The lowest BCUT2D eigenvalue weighted by atomic mass is 9.95. The molecule has 2 N–H and O–H groups in total. The van der Waals surface area contributed by atoms with E-state index < -0.39 is 17.7 Å². The van der Waals surface area contributed by atoms with Crippen LogP contribution < -0.4 is 9.47 Å². The Morgan fingerprint density at radius 3 is 2.38 bits per heavy atom. The number of aryl methyl sites for hydroxylation is 1. The van der Waals surface area contributed by atoms with Gasteiger partial charge in [-0.05, 0) is 67.5 Å². The molecule has 3 aromatic rings. The molecule has 1 saturated heterocycles. The fourth-order valence-corrected chi connectivity index (χ4v) is 4.94. The Balaban J connectivity index is 1.67. The third-order valence-electron chi connectivity index (χ3n) is 7.23. The van der Waals surface area contributed by atoms with Crippen LogP contribution in [0.2, 0.25) is 0 Å². The molecule has 1 heterocycles. The normalized spacial score (nSPS) is 16.5. The number of hydrogen-bond donors (Lipinski definition) is 2. The number of hydrogen-bond acceptors (Lipinski definition) is 7. The van der Waals surface area contributed by atoms with E-state index in [-0.39, 0.29) is 22.8 Å². The van der Waals surface area contributed by atoms with Gasteiger partial charge in [-0.15, -0.1) is 0 Å². The van der Waals surface area contributed by atoms with Crippen molar-refractivity contribution in [1.82, 2.24) is 9.80 Å². The fraction of sp³-hybridized carbons (Fsp3) is 0.312. The number of rotatable bonds is 11. The van der Waals surface area contributed by atoms with Gasteiger partial charge in [-0.3, -0.25) is 9.59 Å². The number of amides is 1. The maximum Gasteiger partial charge on any atom is 0.295 e. The van der Waals surface area contributed by atoms with E-state index in [9.17, 15) is 19.8 Å². The van der Waals surface area contributed by atoms with Gasteiger partial charge in [-0.2, -0.15) is 0 Å². The zero-order chi connectivity index (χ0) is 28.8. The second-order valence-electron chi connectivity index (χ2n) is 9.75. The quantitative estimate of drug-likeness (QED) is 0.198. The first-order chi connectivity index (χ1) is 19.3. The molecule has 1 unspecified atom stereocenters. The van der Waals surface area contributed by atoms with Crippen molar-refractivity contribution in [3.63, 3.8) is 0 Å². The molecule has 1 amide bonds. The van der Waals surface area contributed by atoms with Crippen LogP contribution in [-0.4, -0.2) is 65.0 Å². The van der Waals surface area contributed by atoms with Crippen LogP contribution in [0.1, 0.15) is 42.1 Å². The molecule has 3 aromatic carbocycles. The highest BCUT2D eigenvalue weighted by Gasteiger charge is 2.46. The number of aliphatic hydroxyl groups is 1. The molecular formula is C32H36N2O6. The summed E-state index contributed by atoms with van der Waals surface area (Å²) in [5.41, 5.74) is 3.12. The topological polar surface area (TPSA) is 99.5 Å². The van der Waals surface area contributed by atoms with E-state index in [1.54, 1.807) is 36.4 Å². The molecule has 0 radical (unpaired) electrons. The first kappa shape index (κ1) is 28.7. The summed E-state index contributed by atoms with van der Waals surface area (Å²) in [6.45, 7) is 8.96. The minimum absolute atomic E-state index is 0.00859. The number of carbonyl (C=O) groups excluding carboxylic acids is 2. The maximum absolute atomic E-state index is 13.3. The van der Waals surface area contributed by atoms with Gasteiger partial charge in [0.05, 0.1) is 18.7 Å². The van der Waals surface area contributed by atoms with Gasteiger partial charge in [0.2, 0.25) is 0 Å². The molecule has 0 saturated carbocycles. The van der Waals surface area contributed by atoms with Crippen molar-refractivity contribution < 1.29 is 29.3 Å². The van der Waals surface area contributed by atoms with Gasteiger partial charge in [0.25, 0.3) is 11.7 Å². The van der Waals surface area contributed by atoms with E-state index in [4.69, 9.17) is 9.47 Å².